The third-order valence-electron chi connectivity index (χ3n) is 22.3. The molecule has 17 heteroatoms. The fourth-order valence-electron chi connectivity index (χ4n) is 18.2. The number of amides is 1. The molecule has 71 heavy (non-hydrogen) atoms. The number of hydrogen-bond acceptors (Lipinski definition) is 14. The number of nitrogens with two attached hydrogens (primary N) is 1. The van der Waals surface area contributed by atoms with Gasteiger partial charge in [-0.25, -0.2) is 4.98 Å². The molecule has 6 aliphatic carbocycles. The third kappa shape index (κ3) is 8.31. The van der Waals surface area contributed by atoms with Crippen LogP contribution in [0.1, 0.15) is 143 Å². The number of carbonyl (C=O) groups is 2. The fourth-order valence-corrected chi connectivity index (χ4v) is 18.2. The van der Waals surface area contributed by atoms with Gasteiger partial charge in [0.15, 0.2) is 6.29 Å². The van der Waals surface area contributed by atoms with Gasteiger partial charge in [-0.05, 0) is 134 Å². The van der Waals surface area contributed by atoms with Gasteiger partial charge >= 0.3 is 5.97 Å². The quantitative estimate of drug-likeness (QED) is 0.0682. The molecule has 0 unspecified atom stereocenters. The van der Waals surface area contributed by atoms with Crippen LogP contribution in [0.2, 0.25) is 0 Å². The Hall–Kier alpha value is -2.55. The molecule has 0 bridgehead atoms. The summed E-state index contributed by atoms with van der Waals surface area (Å²) < 4.78 is 12.5. The number of rotatable bonds is 15. The maximum Gasteiger partial charge on any atom is 0.310 e. The summed E-state index contributed by atoms with van der Waals surface area (Å²) in [5.74, 6) is -3.87. The molecular formula is C54H86N4O13. The number of aliphatic hydroxyl groups is 8. The van der Waals surface area contributed by atoms with Crippen molar-refractivity contribution in [3.05, 3.63) is 29.9 Å². The predicted octanol–water partition coefficient (Wildman–Crippen LogP) is 3.32. The first-order valence-corrected chi connectivity index (χ1v) is 27.1. The molecule has 17 nitrogen and oxygen atoms in total. The number of carbonyl (C=O) groups excluding carboxylic acids is 1. The number of H-pyrrole nitrogens is 1. The number of aliphatic carboxylic acids is 1. The van der Waals surface area contributed by atoms with Crippen LogP contribution >= 0.6 is 0 Å². The second-order valence-electron chi connectivity index (χ2n) is 25.5. The number of nitrogens with zero attached hydrogens (tertiary/aromatic N) is 1. The number of carboxylic acid groups (broad SMARTS) is 1. The zero-order valence-electron chi connectivity index (χ0n) is 42.7. The molecule has 2 saturated heterocycles. The normalized spacial score (nSPS) is 48.6. The Morgan fingerprint density at radius 3 is 2.30 bits per heavy atom. The molecule has 5 saturated carbocycles. The Balaban J connectivity index is 1.20. The van der Waals surface area contributed by atoms with E-state index < -0.39 is 124 Å². The van der Waals surface area contributed by atoms with E-state index in [1.807, 2.05) is 6.92 Å². The van der Waals surface area contributed by atoms with Gasteiger partial charge in [0.2, 0.25) is 5.91 Å². The molecule has 9 rings (SSSR count). The van der Waals surface area contributed by atoms with E-state index in [1.54, 1.807) is 12.5 Å². The summed E-state index contributed by atoms with van der Waals surface area (Å²) in [5, 5.41) is 105. The van der Waals surface area contributed by atoms with Crippen LogP contribution in [-0.4, -0.2) is 143 Å². The minimum Gasteiger partial charge on any atom is -0.481 e. The average Bonchev–Trinajstić information content (AvgIpc) is 4.13. The maximum absolute atomic E-state index is 14.2. The van der Waals surface area contributed by atoms with Gasteiger partial charge in [-0.3, -0.25) is 9.59 Å². The Morgan fingerprint density at radius 1 is 0.930 bits per heavy atom. The van der Waals surface area contributed by atoms with Crippen LogP contribution in [0.25, 0.3) is 0 Å². The van der Waals surface area contributed by atoms with Gasteiger partial charge in [-0.1, -0.05) is 72.0 Å². The van der Waals surface area contributed by atoms with Crippen molar-refractivity contribution in [2.24, 2.45) is 85.6 Å². The zero-order chi connectivity index (χ0) is 51.2. The largest absolute Gasteiger partial charge is 0.481 e. The highest BCUT2D eigenvalue weighted by Gasteiger charge is 2.75. The van der Waals surface area contributed by atoms with Crippen molar-refractivity contribution in [3.63, 3.8) is 0 Å². The first-order chi connectivity index (χ1) is 33.6. The Bertz CT molecular complexity index is 2110. The lowest BCUT2D eigenvalue weighted by Crippen LogP contribution is -2.73. The highest BCUT2D eigenvalue weighted by molar-refractivity contribution is 5.82. The molecule has 22 atom stereocenters. The topological polar surface area (TPSA) is 301 Å². The number of allylic oxidation sites excluding steroid dienone is 2. The molecule has 0 spiro atoms. The minimum atomic E-state index is -1.67. The van der Waals surface area contributed by atoms with Crippen LogP contribution in [0.5, 0.6) is 0 Å². The number of fused-ring (bicyclic) bond motifs is 7. The van der Waals surface area contributed by atoms with Crippen molar-refractivity contribution in [1.82, 2.24) is 15.3 Å². The molecular weight excluding hydrogens is 913 g/mol. The van der Waals surface area contributed by atoms with Crippen LogP contribution < -0.4 is 11.1 Å². The summed E-state index contributed by atoms with van der Waals surface area (Å²) in [6.45, 7) is 9.86. The monoisotopic (exact) mass is 999 g/mol. The first kappa shape index (κ1) is 53.3. The van der Waals surface area contributed by atoms with Crippen LogP contribution in [0.3, 0.4) is 0 Å². The second kappa shape index (κ2) is 19.5. The number of ether oxygens (including phenoxy) is 2. The lowest BCUT2D eigenvalue weighted by molar-refractivity contribution is -0.341. The van der Waals surface area contributed by atoms with Gasteiger partial charge < -0.3 is 71.5 Å². The molecule has 0 aromatic carbocycles. The number of aromatic amines is 1. The number of imidazole rings is 1. The van der Waals surface area contributed by atoms with E-state index in [2.05, 4.69) is 49.1 Å². The SMILES string of the molecule is C[C@]1(CO)CC[C@]2(C(=O)O)C[C@@H](CC3CCCC3)[C@]3(C)C(=CC[C@@H]4[C@@]5(C)[C@H](C[C@H]6[C@H]([C@H](CC[C@@H](N)O)c7cnc[nH]7)NC(=O)[C@@H]6CO)[C@@H](O)[C@@H](O[C@@H]6OC[C@@H](O)[C@H](O)[C@H]6O)[C@@](C)(CO)[C@H]5CC[C@]43C)[C@@H]2C1. The van der Waals surface area contributed by atoms with Crippen molar-refractivity contribution in [2.75, 3.05) is 26.4 Å². The van der Waals surface area contributed by atoms with E-state index in [1.165, 1.54) is 5.57 Å². The Kier molecular flexibility index (Phi) is 14.7. The summed E-state index contributed by atoms with van der Waals surface area (Å²) >= 11 is 0. The number of aromatic nitrogens is 2. The Morgan fingerprint density at radius 2 is 1.66 bits per heavy atom. The lowest BCUT2D eigenvalue weighted by atomic mass is 9.30. The number of carboxylic acids is 1. The van der Waals surface area contributed by atoms with Gasteiger partial charge in [0, 0.05) is 35.9 Å². The number of aliphatic hydroxyl groups excluding tert-OH is 8. The molecule has 8 aliphatic rings. The van der Waals surface area contributed by atoms with Crippen LogP contribution in [-0.2, 0) is 19.1 Å². The number of hydrogen-bond donors (Lipinski definition) is 12. The minimum absolute atomic E-state index is 0.0260. The molecule has 3 heterocycles. The summed E-state index contributed by atoms with van der Waals surface area (Å²) in [4.78, 5) is 35.7. The maximum atomic E-state index is 14.2. The van der Waals surface area contributed by atoms with E-state index in [-0.39, 0.29) is 55.6 Å². The van der Waals surface area contributed by atoms with Crippen LogP contribution in [0.15, 0.2) is 24.2 Å². The average molecular weight is 999 g/mol. The predicted molar refractivity (Wildman–Crippen MR) is 259 cm³/mol. The van der Waals surface area contributed by atoms with E-state index in [9.17, 15) is 55.5 Å². The highest BCUT2D eigenvalue weighted by Crippen LogP contribution is 2.79. The molecule has 7 fully saturated rings. The highest BCUT2D eigenvalue weighted by atomic mass is 16.7. The zero-order valence-corrected chi connectivity index (χ0v) is 42.7. The number of nitrogens with one attached hydrogen (secondary N) is 2. The van der Waals surface area contributed by atoms with Gasteiger partial charge in [0.05, 0.1) is 49.7 Å². The van der Waals surface area contributed by atoms with Crippen LogP contribution in [0, 0.1) is 79.8 Å². The third-order valence-corrected chi connectivity index (χ3v) is 22.3. The summed E-state index contributed by atoms with van der Waals surface area (Å²) in [5.41, 5.74) is 3.52. The fraction of sp³-hybridized carbons (Fsp3) is 0.870. The molecule has 2 aliphatic heterocycles. The van der Waals surface area contributed by atoms with Gasteiger partial charge in [0.1, 0.15) is 24.5 Å². The van der Waals surface area contributed by atoms with Gasteiger partial charge in [-0.2, -0.15) is 0 Å². The smallest absolute Gasteiger partial charge is 0.310 e. The second-order valence-corrected chi connectivity index (χ2v) is 25.5. The molecule has 1 amide bonds. The first-order valence-electron chi connectivity index (χ1n) is 27.1. The van der Waals surface area contributed by atoms with E-state index >= 15 is 0 Å². The van der Waals surface area contributed by atoms with Crippen molar-refractivity contribution in [3.8, 4) is 0 Å². The van der Waals surface area contributed by atoms with Crippen molar-refractivity contribution < 1.29 is 65.0 Å². The standard InChI is InChI=1S/C54H86N4O13/c1-49(25-60)16-17-54(48(68)69)20-29(18-28-8-6-7-9-28)53(5)33(35(54)21-49)11-12-39-51(53,3)15-14-38-50(2,26-61)45(71-47-44(66)43(65)37(62)24-70-47)42(64)34(52(38,39)4)19-31-32(23-59)46(67)58-41(31)30(10-13-40(55)63)36-22-56-27-57-36/h11,22,27-32,34-35,37-45,47,59-66H,6-10,12-21,23-26,55H2,1-5H3,(H,56,57)(H,58,67)(H,68,69)/t29-,30-,31-,32-,34-,35+,37-,38-,39+,40+,41+,42-,43+,44-,45-,47+,49+,50+,51-,52+,53-,54+/m1/s1. The van der Waals surface area contributed by atoms with Crippen molar-refractivity contribution in [1.29, 1.82) is 0 Å². The van der Waals surface area contributed by atoms with E-state index in [4.69, 9.17) is 15.2 Å². The molecule has 1 aromatic rings. The molecule has 1 aromatic heterocycles. The van der Waals surface area contributed by atoms with Crippen molar-refractivity contribution >= 4 is 11.9 Å². The van der Waals surface area contributed by atoms with E-state index in [0.717, 1.165) is 44.2 Å². The van der Waals surface area contributed by atoms with Gasteiger partial charge in [-0.15, -0.1) is 0 Å². The van der Waals surface area contributed by atoms with Gasteiger partial charge in [0.25, 0.3) is 0 Å². The molecule has 13 N–H and O–H groups in total. The van der Waals surface area contributed by atoms with Crippen LogP contribution in [0.4, 0.5) is 0 Å². The van der Waals surface area contributed by atoms with Crippen molar-refractivity contribution in [2.45, 2.75) is 186 Å². The summed E-state index contributed by atoms with van der Waals surface area (Å²) in [6, 6.07) is -0.588. The molecule has 0 radical (unpaired) electrons. The Labute approximate surface area is 418 Å². The lowest BCUT2D eigenvalue weighted by Gasteiger charge is -2.75. The summed E-state index contributed by atoms with van der Waals surface area (Å²) in [6.07, 6.45) is 6.30. The summed E-state index contributed by atoms with van der Waals surface area (Å²) in [7, 11) is 0. The molecule has 400 valence electrons. The van der Waals surface area contributed by atoms with E-state index in [0.29, 0.717) is 50.9 Å².